The molecule has 0 heterocycles. The average molecular weight is 270 g/mol. The van der Waals surface area contributed by atoms with Crippen molar-refractivity contribution in [2.45, 2.75) is 6.92 Å². The number of benzene rings is 1. The van der Waals surface area contributed by atoms with Gasteiger partial charge in [0.05, 0.1) is 0 Å². The highest BCUT2D eigenvalue weighted by Gasteiger charge is 1.97. The van der Waals surface area contributed by atoms with Crippen LogP contribution in [0.25, 0.3) is 0 Å². The summed E-state index contributed by atoms with van der Waals surface area (Å²) in [4.78, 5) is 0. The Hall–Kier alpha value is -0.0200. The van der Waals surface area contributed by atoms with Crippen molar-refractivity contribution in [2.24, 2.45) is 0 Å². The standard InChI is InChI=1S/C7H8O2.4ClH/c1-5-6(8)3-2-4-7(5)9;;;;/h2-4,8-9H,1H3;4*1H. The molecule has 0 atom stereocenters. The molecule has 0 saturated heterocycles. The number of aromatic hydroxyl groups is 2. The van der Waals surface area contributed by atoms with Crippen LogP contribution in [0.5, 0.6) is 11.5 Å². The zero-order chi connectivity index (χ0) is 6.85. The molecular weight excluding hydrogens is 258 g/mol. The minimum atomic E-state index is 0. The quantitative estimate of drug-likeness (QED) is 0.760. The van der Waals surface area contributed by atoms with Gasteiger partial charge in [-0.2, -0.15) is 0 Å². The molecule has 2 N–H and O–H groups in total. The Morgan fingerprint density at radius 3 is 1.38 bits per heavy atom. The Balaban J connectivity index is -0.000000101. The number of rotatable bonds is 0. The van der Waals surface area contributed by atoms with Gasteiger partial charge < -0.3 is 10.2 Å². The van der Waals surface area contributed by atoms with Crippen molar-refractivity contribution in [3.05, 3.63) is 23.8 Å². The van der Waals surface area contributed by atoms with Crippen LogP contribution in [0.15, 0.2) is 18.2 Å². The Bertz CT molecular complexity index is 209. The molecular formula is C7H12Cl4O2. The minimum Gasteiger partial charge on any atom is -0.508 e. The molecule has 1 rings (SSSR count). The van der Waals surface area contributed by atoms with E-state index in [1.807, 2.05) is 0 Å². The zero-order valence-corrected chi connectivity index (χ0v) is 10.0. The molecule has 0 bridgehead atoms. The summed E-state index contributed by atoms with van der Waals surface area (Å²) >= 11 is 0. The fourth-order valence-corrected chi connectivity index (χ4v) is 0.612. The monoisotopic (exact) mass is 268 g/mol. The van der Waals surface area contributed by atoms with E-state index in [-0.39, 0.29) is 61.1 Å². The highest BCUT2D eigenvalue weighted by Crippen LogP contribution is 2.23. The predicted octanol–water partition coefficient (Wildman–Crippen LogP) is 3.09. The van der Waals surface area contributed by atoms with Crippen molar-refractivity contribution in [1.29, 1.82) is 0 Å². The average Bonchev–Trinajstić information content (AvgIpc) is 1.83. The summed E-state index contributed by atoms with van der Waals surface area (Å²) in [6.45, 7) is 1.66. The van der Waals surface area contributed by atoms with Crippen LogP contribution in [0.4, 0.5) is 0 Å². The molecule has 0 spiro atoms. The normalized spacial score (nSPS) is 6.54. The number of phenolic OH excluding ortho intramolecular Hbond substituents is 2. The molecule has 0 fully saturated rings. The molecule has 0 aliphatic carbocycles. The fraction of sp³-hybridized carbons (Fsp3) is 0.143. The van der Waals surface area contributed by atoms with E-state index in [0.29, 0.717) is 5.56 Å². The maximum Gasteiger partial charge on any atom is 0.122 e. The number of halogens is 4. The van der Waals surface area contributed by atoms with Gasteiger partial charge in [-0.25, -0.2) is 0 Å². The van der Waals surface area contributed by atoms with Crippen molar-refractivity contribution in [1.82, 2.24) is 0 Å². The maximum atomic E-state index is 8.94. The van der Waals surface area contributed by atoms with Gasteiger partial charge in [0.25, 0.3) is 0 Å². The molecule has 0 aliphatic heterocycles. The van der Waals surface area contributed by atoms with Crippen LogP contribution in [0, 0.1) is 6.92 Å². The Morgan fingerprint density at radius 1 is 0.846 bits per heavy atom. The third kappa shape index (κ3) is 6.11. The minimum absolute atomic E-state index is 0. The smallest absolute Gasteiger partial charge is 0.122 e. The van der Waals surface area contributed by atoms with Crippen molar-refractivity contribution in [3.63, 3.8) is 0 Å². The third-order valence-corrected chi connectivity index (χ3v) is 1.28. The summed E-state index contributed by atoms with van der Waals surface area (Å²) in [7, 11) is 0. The second-order valence-corrected chi connectivity index (χ2v) is 1.92. The molecule has 6 heteroatoms. The number of hydrogen-bond donors (Lipinski definition) is 2. The lowest BCUT2D eigenvalue weighted by atomic mass is 10.2. The van der Waals surface area contributed by atoms with Crippen LogP contribution >= 0.6 is 49.6 Å². The molecule has 0 unspecified atom stereocenters. The van der Waals surface area contributed by atoms with E-state index in [9.17, 15) is 0 Å². The van der Waals surface area contributed by atoms with Crippen LogP contribution in [0.2, 0.25) is 0 Å². The van der Waals surface area contributed by atoms with E-state index in [4.69, 9.17) is 10.2 Å². The topological polar surface area (TPSA) is 40.5 Å². The van der Waals surface area contributed by atoms with Gasteiger partial charge in [0, 0.05) is 5.56 Å². The van der Waals surface area contributed by atoms with Crippen molar-refractivity contribution in [3.8, 4) is 11.5 Å². The predicted molar refractivity (Wildman–Crippen MR) is 63.5 cm³/mol. The van der Waals surface area contributed by atoms with E-state index >= 15 is 0 Å². The Kier molecular flexibility index (Phi) is 17.9. The molecule has 13 heavy (non-hydrogen) atoms. The lowest BCUT2D eigenvalue weighted by Crippen LogP contribution is -1.73. The Morgan fingerprint density at radius 2 is 1.15 bits per heavy atom. The first-order valence-electron chi connectivity index (χ1n) is 2.69. The van der Waals surface area contributed by atoms with Crippen LogP contribution < -0.4 is 0 Å². The summed E-state index contributed by atoms with van der Waals surface area (Å²) in [5, 5.41) is 17.9. The first-order chi connectivity index (χ1) is 4.22. The van der Waals surface area contributed by atoms with Crippen LogP contribution in [0.3, 0.4) is 0 Å². The van der Waals surface area contributed by atoms with Gasteiger partial charge in [-0.05, 0) is 19.1 Å². The van der Waals surface area contributed by atoms with E-state index in [1.54, 1.807) is 13.0 Å². The highest BCUT2D eigenvalue weighted by molar-refractivity contribution is 5.86. The molecule has 80 valence electrons. The molecule has 2 nitrogen and oxygen atoms in total. The van der Waals surface area contributed by atoms with Crippen LogP contribution in [-0.4, -0.2) is 10.2 Å². The molecule has 1 aromatic rings. The zero-order valence-electron chi connectivity index (χ0n) is 6.76. The second kappa shape index (κ2) is 10.1. The van der Waals surface area contributed by atoms with Crippen molar-refractivity contribution in [2.75, 3.05) is 0 Å². The third-order valence-electron chi connectivity index (χ3n) is 1.28. The summed E-state index contributed by atoms with van der Waals surface area (Å²) in [6, 6.07) is 4.67. The van der Waals surface area contributed by atoms with Gasteiger partial charge >= 0.3 is 0 Å². The second-order valence-electron chi connectivity index (χ2n) is 1.92. The maximum absolute atomic E-state index is 8.94. The molecule has 0 amide bonds. The summed E-state index contributed by atoms with van der Waals surface area (Å²) in [5.41, 5.74) is 0.525. The van der Waals surface area contributed by atoms with Crippen LogP contribution in [-0.2, 0) is 0 Å². The SMILES string of the molecule is Cc1c(O)cccc1O.Cl.Cl.Cl.Cl. The molecule has 0 aromatic heterocycles. The summed E-state index contributed by atoms with van der Waals surface area (Å²) in [6.07, 6.45) is 0. The lowest BCUT2D eigenvalue weighted by molar-refractivity contribution is 0.443. The molecule has 0 aliphatic rings. The molecule has 0 saturated carbocycles. The summed E-state index contributed by atoms with van der Waals surface area (Å²) in [5.74, 6) is 0.269. The fourth-order valence-electron chi connectivity index (χ4n) is 0.612. The number of phenols is 2. The first kappa shape index (κ1) is 23.1. The van der Waals surface area contributed by atoms with Gasteiger partial charge in [0.1, 0.15) is 11.5 Å². The number of hydrogen-bond acceptors (Lipinski definition) is 2. The van der Waals surface area contributed by atoms with Crippen molar-refractivity contribution < 1.29 is 10.2 Å². The van der Waals surface area contributed by atoms with Crippen LogP contribution in [0.1, 0.15) is 5.56 Å². The molecule has 1 aromatic carbocycles. The van der Waals surface area contributed by atoms with E-state index in [2.05, 4.69) is 0 Å². The van der Waals surface area contributed by atoms with Gasteiger partial charge in [0.15, 0.2) is 0 Å². The van der Waals surface area contributed by atoms with Gasteiger partial charge in [-0.3, -0.25) is 0 Å². The highest BCUT2D eigenvalue weighted by atomic mass is 35.5. The van der Waals surface area contributed by atoms with Gasteiger partial charge in [-0.1, -0.05) is 6.07 Å². The van der Waals surface area contributed by atoms with Crippen molar-refractivity contribution >= 4 is 49.6 Å². The van der Waals surface area contributed by atoms with Gasteiger partial charge in [0.2, 0.25) is 0 Å². The van der Waals surface area contributed by atoms with E-state index in [0.717, 1.165) is 0 Å². The van der Waals surface area contributed by atoms with E-state index < -0.39 is 0 Å². The van der Waals surface area contributed by atoms with E-state index in [1.165, 1.54) is 12.1 Å². The largest absolute Gasteiger partial charge is 0.508 e. The lowest BCUT2D eigenvalue weighted by Gasteiger charge is -1.98. The Labute approximate surface area is 102 Å². The van der Waals surface area contributed by atoms with Gasteiger partial charge in [-0.15, -0.1) is 49.6 Å². The first-order valence-corrected chi connectivity index (χ1v) is 2.69. The molecule has 0 radical (unpaired) electrons. The summed E-state index contributed by atoms with van der Waals surface area (Å²) < 4.78 is 0.